The standard InChI is InChI=1S/C13H19FN2O3S/c1-2-19-11-6-10(7-11)16-20(17,18)13-4-3-9(8-15)5-12(13)14/h3-5,10-11,16H,2,6-8,15H2,1H3. The van der Waals surface area contributed by atoms with Crippen LogP contribution in [0.4, 0.5) is 4.39 Å². The van der Waals surface area contributed by atoms with E-state index >= 15 is 0 Å². The number of hydrogen-bond donors (Lipinski definition) is 2. The topological polar surface area (TPSA) is 81.4 Å². The first kappa shape index (κ1) is 15.4. The zero-order valence-corrected chi connectivity index (χ0v) is 12.1. The highest BCUT2D eigenvalue weighted by molar-refractivity contribution is 7.89. The summed E-state index contributed by atoms with van der Waals surface area (Å²) in [6, 6.07) is 3.73. The summed E-state index contributed by atoms with van der Waals surface area (Å²) in [4.78, 5) is -0.338. The number of halogens is 1. The van der Waals surface area contributed by atoms with Gasteiger partial charge in [0.2, 0.25) is 10.0 Å². The van der Waals surface area contributed by atoms with Gasteiger partial charge in [-0.25, -0.2) is 17.5 Å². The highest BCUT2D eigenvalue weighted by Gasteiger charge is 2.33. The van der Waals surface area contributed by atoms with E-state index in [4.69, 9.17) is 10.5 Å². The fourth-order valence-electron chi connectivity index (χ4n) is 2.21. The van der Waals surface area contributed by atoms with Crippen LogP contribution in [-0.4, -0.2) is 27.2 Å². The van der Waals surface area contributed by atoms with Gasteiger partial charge in [-0.2, -0.15) is 0 Å². The average Bonchev–Trinajstić information content (AvgIpc) is 2.35. The third-order valence-electron chi connectivity index (χ3n) is 3.34. The van der Waals surface area contributed by atoms with E-state index in [1.165, 1.54) is 12.1 Å². The molecule has 5 nitrogen and oxygen atoms in total. The van der Waals surface area contributed by atoms with Gasteiger partial charge in [-0.1, -0.05) is 6.07 Å². The van der Waals surface area contributed by atoms with Gasteiger partial charge < -0.3 is 10.5 Å². The van der Waals surface area contributed by atoms with Gasteiger partial charge in [0.15, 0.2) is 0 Å². The van der Waals surface area contributed by atoms with Crippen molar-refractivity contribution in [2.24, 2.45) is 5.73 Å². The van der Waals surface area contributed by atoms with Crippen LogP contribution in [0.3, 0.4) is 0 Å². The molecule has 0 unspecified atom stereocenters. The molecular formula is C13H19FN2O3S. The summed E-state index contributed by atoms with van der Waals surface area (Å²) in [5, 5.41) is 0. The number of rotatable bonds is 6. The molecule has 0 aromatic heterocycles. The molecule has 1 fully saturated rings. The Hall–Kier alpha value is -1.02. The first-order valence-electron chi connectivity index (χ1n) is 6.58. The molecule has 20 heavy (non-hydrogen) atoms. The third kappa shape index (κ3) is 3.35. The predicted octanol–water partition coefficient (Wildman–Crippen LogP) is 1.13. The molecule has 1 aromatic rings. The Morgan fingerprint density at radius 1 is 1.45 bits per heavy atom. The highest BCUT2D eigenvalue weighted by atomic mass is 32.2. The Bertz CT molecular complexity index is 571. The molecule has 0 radical (unpaired) electrons. The Labute approximate surface area is 118 Å². The molecule has 3 N–H and O–H groups in total. The van der Waals surface area contributed by atoms with E-state index in [1.54, 1.807) is 0 Å². The minimum absolute atomic E-state index is 0.0946. The van der Waals surface area contributed by atoms with Gasteiger partial charge in [0.05, 0.1) is 6.10 Å². The summed E-state index contributed by atoms with van der Waals surface area (Å²) in [6.45, 7) is 2.68. The first-order valence-corrected chi connectivity index (χ1v) is 8.07. The lowest BCUT2D eigenvalue weighted by molar-refractivity contribution is -0.00476. The number of nitrogens with one attached hydrogen (secondary N) is 1. The lowest BCUT2D eigenvalue weighted by atomic mass is 9.90. The molecule has 7 heteroatoms. The summed E-state index contributed by atoms with van der Waals surface area (Å²) in [6.07, 6.45) is 1.34. The fraction of sp³-hybridized carbons (Fsp3) is 0.538. The minimum Gasteiger partial charge on any atom is -0.378 e. The van der Waals surface area contributed by atoms with Gasteiger partial charge in [-0.05, 0) is 37.5 Å². The molecule has 1 saturated carbocycles. The molecule has 1 aromatic carbocycles. The van der Waals surface area contributed by atoms with Crippen LogP contribution in [-0.2, 0) is 21.3 Å². The fourth-order valence-corrected chi connectivity index (χ4v) is 3.53. The molecule has 0 aliphatic heterocycles. The van der Waals surface area contributed by atoms with Crippen molar-refractivity contribution in [2.75, 3.05) is 6.61 Å². The van der Waals surface area contributed by atoms with Crippen molar-refractivity contribution < 1.29 is 17.5 Å². The number of benzene rings is 1. The van der Waals surface area contributed by atoms with E-state index in [9.17, 15) is 12.8 Å². The maximum absolute atomic E-state index is 13.8. The SMILES string of the molecule is CCOC1CC(NS(=O)(=O)c2ccc(CN)cc2F)C1. The van der Waals surface area contributed by atoms with Crippen molar-refractivity contribution in [3.8, 4) is 0 Å². The lowest BCUT2D eigenvalue weighted by Gasteiger charge is -2.35. The molecule has 0 bridgehead atoms. The second-order valence-electron chi connectivity index (χ2n) is 4.84. The van der Waals surface area contributed by atoms with E-state index in [1.807, 2.05) is 6.92 Å². The number of hydrogen-bond acceptors (Lipinski definition) is 4. The Morgan fingerprint density at radius 3 is 2.70 bits per heavy atom. The monoisotopic (exact) mass is 302 g/mol. The minimum atomic E-state index is -3.84. The predicted molar refractivity (Wildman–Crippen MR) is 73.0 cm³/mol. The van der Waals surface area contributed by atoms with Gasteiger partial charge in [-0.15, -0.1) is 0 Å². The van der Waals surface area contributed by atoms with Crippen LogP contribution in [0, 0.1) is 5.82 Å². The second-order valence-corrected chi connectivity index (χ2v) is 6.52. The van der Waals surface area contributed by atoms with Crippen LogP contribution >= 0.6 is 0 Å². The average molecular weight is 302 g/mol. The van der Waals surface area contributed by atoms with Crippen LogP contribution < -0.4 is 10.5 Å². The Morgan fingerprint density at radius 2 is 2.15 bits per heavy atom. The van der Waals surface area contributed by atoms with Crippen molar-refractivity contribution in [2.45, 2.75) is 43.4 Å². The van der Waals surface area contributed by atoms with Gasteiger partial charge >= 0.3 is 0 Å². The highest BCUT2D eigenvalue weighted by Crippen LogP contribution is 2.25. The van der Waals surface area contributed by atoms with E-state index < -0.39 is 15.8 Å². The number of sulfonamides is 1. The smallest absolute Gasteiger partial charge is 0.243 e. The maximum Gasteiger partial charge on any atom is 0.243 e. The molecule has 1 aliphatic carbocycles. The molecule has 0 amide bonds. The summed E-state index contributed by atoms with van der Waals surface area (Å²) in [5.74, 6) is -0.777. The summed E-state index contributed by atoms with van der Waals surface area (Å²) < 4.78 is 45.9. The van der Waals surface area contributed by atoms with Gasteiger partial charge in [-0.3, -0.25) is 0 Å². The third-order valence-corrected chi connectivity index (χ3v) is 4.89. The van der Waals surface area contributed by atoms with E-state index in [-0.39, 0.29) is 23.6 Å². The van der Waals surface area contributed by atoms with Crippen LogP contribution in [0.25, 0.3) is 0 Å². The molecule has 0 spiro atoms. The van der Waals surface area contributed by atoms with E-state index in [0.717, 1.165) is 6.07 Å². The lowest BCUT2D eigenvalue weighted by Crippen LogP contribution is -2.47. The molecule has 112 valence electrons. The van der Waals surface area contributed by atoms with Crippen LogP contribution in [0.1, 0.15) is 25.3 Å². The Balaban J connectivity index is 2.04. The van der Waals surface area contributed by atoms with E-state index in [2.05, 4.69) is 4.72 Å². The first-order chi connectivity index (χ1) is 9.46. The Kier molecular flexibility index (Phi) is 4.74. The van der Waals surface area contributed by atoms with Crippen LogP contribution in [0.2, 0.25) is 0 Å². The maximum atomic E-state index is 13.8. The van der Waals surface area contributed by atoms with Crippen molar-refractivity contribution >= 4 is 10.0 Å². The second kappa shape index (κ2) is 6.17. The number of nitrogens with two attached hydrogens (primary N) is 1. The van der Waals surface area contributed by atoms with Crippen molar-refractivity contribution in [1.82, 2.24) is 4.72 Å². The molecule has 0 saturated heterocycles. The van der Waals surface area contributed by atoms with Gasteiger partial charge in [0.1, 0.15) is 10.7 Å². The van der Waals surface area contributed by atoms with Gasteiger partial charge in [0.25, 0.3) is 0 Å². The zero-order valence-electron chi connectivity index (χ0n) is 11.3. The number of ether oxygens (including phenoxy) is 1. The molecule has 0 heterocycles. The quantitative estimate of drug-likeness (QED) is 0.825. The molecular weight excluding hydrogens is 283 g/mol. The van der Waals surface area contributed by atoms with Crippen LogP contribution in [0.5, 0.6) is 0 Å². The summed E-state index contributed by atoms with van der Waals surface area (Å²) >= 11 is 0. The molecule has 1 aliphatic rings. The van der Waals surface area contributed by atoms with Crippen molar-refractivity contribution in [3.05, 3.63) is 29.6 Å². The van der Waals surface area contributed by atoms with E-state index in [0.29, 0.717) is 25.0 Å². The van der Waals surface area contributed by atoms with Crippen LogP contribution in [0.15, 0.2) is 23.1 Å². The van der Waals surface area contributed by atoms with Crippen molar-refractivity contribution in [1.29, 1.82) is 0 Å². The zero-order chi connectivity index (χ0) is 14.8. The molecule has 2 rings (SSSR count). The largest absolute Gasteiger partial charge is 0.378 e. The molecule has 0 atom stereocenters. The summed E-state index contributed by atoms with van der Waals surface area (Å²) in [7, 11) is -3.84. The summed E-state index contributed by atoms with van der Waals surface area (Å²) in [5.41, 5.74) is 5.94. The van der Waals surface area contributed by atoms with Crippen molar-refractivity contribution in [3.63, 3.8) is 0 Å². The van der Waals surface area contributed by atoms with Gasteiger partial charge in [0, 0.05) is 19.2 Å². The normalized spacial score (nSPS) is 22.6.